The molecule has 1 atom stereocenters. The summed E-state index contributed by atoms with van der Waals surface area (Å²) in [6.07, 6.45) is 8.24. The molecule has 0 aromatic carbocycles. The molecule has 6 heteroatoms. The fourth-order valence-corrected chi connectivity index (χ4v) is 4.92. The number of carbonyl (C=O) groups is 1. The summed E-state index contributed by atoms with van der Waals surface area (Å²) in [5.74, 6) is 0. The zero-order valence-electron chi connectivity index (χ0n) is 14.6. The number of amides is 2. The highest BCUT2D eigenvalue weighted by molar-refractivity contribution is 5.74. The second-order valence-electron chi connectivity index (χ2n) is 8.11. The molecule has 24 heavy (non-hydrogen) atoms. The SMILES string of the molecule is O=C(NCC1(N2CCOCC2)CC1)NC1CCOCC12CCCC2. The predicted octanol–water partition coefficient (Wildman–Crippen LogP) is 1.50. The summed E-state index contributed by atoms with van der Waals surface area (Å²) >= 11 is 0. The van der Waals surface area contributed by atoms with Gasteiger partial charge in [-0.25, -0.2) is 4.79 Å². The first kappa shape index (κ1) is 16.6. The number of nitrogens with zero attached hydrogens (tertiary/aromatic N) is 1. The molecule has 6 nitrogen and oxygen atoms in total. The number of rotatable bonds is 4. The van der Waals surface area contributed by atoms with Crippen molar-refractivity contribution in [2.24, 2.45) is 5.41 Å². The molecule has 0 aromatic rings. The number of carbonyl (C=O) groups excluding carboxylic acids is 1. The van der Waals surface area contributed by atoms with E-state index < -0.39 is 0 Å². The predicted molar refractivity (Wildman–Crippen MR) is 91.0 cm³/mol. The number of hydrogen-bond acceptors (Lipinski definition) is 4. The van der Waals surface area contributed by atoms with Gasteiger partial charge in [0.2, 0.25) is 0 Å². The third kappa shape index (κ3) is 3.28. The maximum atomic E-state index is 12.5. The second kappa shape index (κ2) is 6.81. The number of ether oxygens (including phenoxy) is 2. The minimum Gasteiger partial charge on any atom is -0.381 e. The molecule has 2 amide bonds. The first-order valence-electron chi connectivity index (χ1n) is 9.68. The summed E-state index contributed by atoms with van der Waals surface area (Å²) in [6, 6.07) is 0.278. The largest absolute Gasteiger partial charge is 0.381 e. The minimum atomic E-state index is 0.00714. The summed E-state index contributed by atoms with van der Waals surface area (Å²) in [6.45, 7) is 5.96. The second-order valence-corrected chi connectivity index (χ2v) is 8.11. The van der Waals surface area contributed by atoms with E-state index in [0.29, 0.717) is 0 Å². The fourth-order valence-electron chi connectivity index (χ4n) is 4.92. The van der Waals surface area contributed by atoms with E-state index in [1.165, 1.54) is 38.5 Å². The van der Waals surface area contributed by atoms with Crippen molar-refractivity contribution < 1.29 is 14.3 Å². The van der Waals surface area contributed by atoms with Crippen LogP contribution in [0.1, 0.15) is 44.9 Å². The van der Waals surface area contributed by atoms with Crippen molar-refractivity contribution in [3.8, 4) is 0 Å². The summed E-state index contributed by atoms with van der Waals surface area (Å²) in [5.41, 5.74) is 0.388. The van der Waals surface area contributed by atoms with Gasteiger partial charge < -0.3 is 20.1 Å². The van der Waals surface area contributed by atoms with E-state index >= 15 is 0 Å². The number of hydrogen-bond donors (Lipinski definition) is 2. The highest BCUT2D eigenvalue weighted by atomic mass is 16.5. The first-order chi connectivity index (χ1) is 11.7. The Kier molecular flexibility index (Phi) is 4.71. The average Bonchev–Trinajstić information content (AvgIpc) is 3.28. The quantitative estimate of drug-likeness (QED) is 0.816. The summed E-state index contributed by atoms with van der Waals surface area (Å²) in [4.78, 5) is 15.0. The molecule has 4 rings (SSSR count). The molecule has 1 unspecified atom stereocenters. The lowest BCUT2D eigenvalue weighted by atomic mass is 9.76. The molecule has 1 spiro atoms. The van der Waals surface area contributed by atoms with E-state index in [0.717, 1.165) is 52.5 Å². The van der Waals surface area contributed by atoms with Crippen molar-refractivity contribution in [3.63, 3.8) is 0 Å². The molecular formula is C18H31N3O3. The van der Waals surface area contributed by atoms with Gasteiger partial charge in [-0.15, -0.1) is 0 Å². The maximum Gasteiger partial charge on any atom is 0.315 e. The molecule has 0 bridgehead atoms. The Balaban J connectivity index is 1.28. The Hall–Kier alpha value is -0.850. The lowest BCUT2D eigenvalue weighted by Crippen LogP contribution is -2.56. The Bertz CT molecular complexity index is 454. The van der Waals surface area contributed by atoms with Crippen LogP contribution in [0.2, 0.25) is 0 Å². The molecule has 4 aliphatic rings. The molecule has 2 heterocycles. The van der Waals surface area contributed by atoms with E-state index in [4.69, 9.17) is 9.47 Å². The summed E-state index contributed by atoms with van der Waals surface area (Å²) in [5, 5.41) is 6.44. The van der Waals surface area contributed by atoms with E-state index in [9.17, 15) is 4.79 Å². The third-order valence-corrected chi connectivity index (χ3v) is 6.67. The zero-order chi connectivity index (χ0) is 16.5. The van der Waals surface area contributed by atoms with Gasteiger partial charge in [-0.2, -0.15) is 0 Å². The van der Waals surface area contributed by atoms with Crippen LogP contribution in [-0.2, 0) is 9.47 Å². The van der Waals surface area contributed by atoms with Gasteiger partial charge in [0.1, 0.15) is 0 Å². The highest BCUT2D eigenvalue weighted by Crippen LogP contribution is 2.44. The van der Waals surface area contributed by atoms with E-state index in [-0.39, 0.29) is 23.0 Å². The van der Waals surface area contributed by atoms with Crippen molar-refractivity contribution in [1.82, 2.24) is 15.5 Å². The Morgan fingerprint density at radius 3 is 2.50 bits per heavy atom. The van der Waals surface area contributed by atoms with Gasteiger partial charge in [0.15, 0.2) is 0 Å². The van der Waals surface area contributed by atoms with Crippen molar-refractivity contribution in [3.05, 3.63) is 0 Å². The molecule has 2 saturated carbocycles. The van der Waals surface area contributed by atoms with Gasteiger partial charge in [0, 0.05) is 43.2 Å². The van der Waals surface area contributed by atoms with Crippen LogP contribution >= 0.6 is 0 Å². The van der Waals surface area contributed by atoms with Gasteiger partial charge in [0.25, 0.3) is 0 Å². The van der Waals surface area contributed by atoms with Gasteiger partial charge in [0.05, 0.1) is 19.8 Å². The molecular weight excluding hydrogens is 306 g/mol. The molecule has 4 fully saturated rings. The Labute approximate surface area is 144 Å². The molecule has 2 N–H and O–H groups in total. The summed E-state index contributed by atoms with van der Waals surface area (Å²) < 4.78 is 11.2. The smallest absolute Gasteiger partial charge is 0.315 e. The van der Waals surface area contributed by atoms with Crippen LogP contribution in [0.3, 0.4) is 0 Å². The normalized spacial score (nSPS) is 31.8. The van der Waals surface area contributed by atoms with E-state index in [1.54, 1.807) is 0 Å². The van der Waals surface area contributed by atoms with Crippen LogP contribution in [0, 0.1) is 5.41 Å². The Morgan fingerprint density at radius 1 is 1.04 bits per heavy atom. The van der Waals surface area contributed by atoms with Crippen LogP contribution in [0.5, 0.6) is 0 Å². The number of urea groups is 1. The summed E-state index contributed by atoms with van der Waals surface area (Å²) in [7, 11) is 0. The molecule has 2 saturated heterocycles. The lowest BCUT2D eigenvalue weighted by molar-refractivity contribution is -0.0265. The molecule has 0 radical (unpaired) electrons. The van der Waals surface area contributed by atoms with E-state index in [1.807, 2.05) is 0 Å². The van der Waals surface area contributed by atoms with Crippen molar-refractivity contribution in [1.29, 1.82) is 0 Å². The molecule has 2 aliphatic carbocycles. The Morgan fingerprint density at radius 2 is 1.79 bits per heavy atom. The fraction of sp³-hybridized carbons (Fsp3) is 0.944. The van der Waals surface area contributed by atoms with Gasteiger partial charge in [-0.05, 0) is 32.1 Å². The van der Waals surface area contributed by atoms with Crippen molar-refractivity contribution >= 4 is 6.03 Å². The standard InChI is InChI=1S/C18H31N3O3/c22-16(19-13-18(6-7-18)21-8-11-23-12-9-21)20-15-3-10-24-14-17(15)4-1-2-5-17/h15H,1-14H2,(H2,19,20,22). The topological polar surface area (TPSA) is 62.8 Å². The van der Waals surface area contributed by atoms with Crippen molar-refractivity contribution in [2.75, 3.05) is 46.1 Å². The van der Waals surface area contributed by atoms with Crippen LogP contribution in [0.15, 0.2) is 0 Å². The number of nitrogens with one attached hydrogen (secondary N) is 2. The highest BCUT2D eigenvalue weighted by Gasteiger charge is 2.49. The van der Waals surface area contributed by atoms with Gasteiger partial charge in [-0.1, -0.05) is 12.8 Å². The van der Waals surface area contributed by atoms with Crippen LogP contribution in [0.25, 0.3) is 0 Å². The third-order valence-electron chi connectivity index (χ3n) is 6.67. The zero-order valence-corrected chi connectivity index (χ0v) is 14.6. The molecule has 2 aliphatic heterocycles. The lowest BCUT2D eigenvalue weighted by Gasteiger charge is -2.41. The average molecular weight is 337 g/mol. The van der Waals surface area contributed by atoms with Crippen LogP contribution < -0.4 is 10.6 Å². The van der Waals surface area contributed by atoms with Crippen LogP contribution in [-0.4, -0.2) is 68.6 Å². The number of morpholine rings is 1. The van der Waals surface area contributed by atoms with E-state index in [2.05, 4.69) is 15.5 Å². The first-order valence-corrected chi connectivity index (χ1v) is 9.68. The molecule has 0 aromatic heterocycles. The monoisotopic (exact) mass is 337 g/mol. The van der Waals surface area contributed by atoms with Gasteiger partial charge in [-0.3, -0.25) is 4.90 Å². The van der Waals surface area contributed by atoms with Crippen molar-refractivity contribution in [2.45, 2.75) is 56.5 Å². The van der Waals surface area contributed by atoms with Gasteiger partial charge >= 0.3 is 6.03 Å². The van der Waals surface area contributed by atoms with Crippen LogP contribution in [0.4, 0.5) is 4.79 Å². The molecule has 136 valence electrons. The maximum absolute atomic E-state index is 12.5. The minimum absolute atomic E-state index is 0.00714.